The summed E-state index contributed by atoms with van der Waals surface area (Å²) in [6.45, 7) is 0.300. The average molecular weight is 350 g/mol. The molecule has 0 atom stereocenters. The Hall–Kier alpha value is -2.53. The molecule has 0 aliphatic heterocycles. The number of carbonyl (C=O) groups is 1. The molecule has 0 radical (unpaired) electrons. The van der Waals surface area contributed by atoms with Crippen molar-refractivity contribution in [2.24, 2.45) is 0 Å². The lowest BCUT2D eigenvalue weighted by molar-refractivity contribution is -0.116. The van der Waals surface area contributed by atoms with E-state index in [-0.39, 0.29) is 16.5 Å². The van der Waals surface area contributed by atoms with Crippen molar-refractivity contribution < 1.29 is 18.7 Å². The zero-order valence-corrected chi connectivity index (χ0v) is 14.1. The lowest BCUT2D eigenvalue weighted by Crippen LogP contribution is -2.20. The van der Waals surface area contributed by atoms with E-state index in [9.17, 15) is 9.18 Å². The van der Waals surface area contributed by atoms with Gasteiger partial charge in [0.15, 0.2) is 11.5 Å². The van der Waals surface area contributed by atoms with Crippen LogP contribution in [0.2, 0.25) is 5.02 Å². The van der Waals surface area contributed by atoms with Gasteiger partial charge in [-0.25, -0.2) is 4.39 Å². The largest absolute Gasteiger partial charge is 0.493 e. The highest BCUT2D eigenvalue weighted by atomic mass is 35.5. The molecule has 0 unspecified atom stereocenters. The molecule has 0 fully saturated rings. The smallest absolute Gasteiger partial charge is 0.244 e. The molecule has 0 saturated carbocycles. The van der Waals surface area contributed by atoms with Crippen LogP contribution in [0.1, 0.15) is 11.1 Å². The van der Waals surface area contributed by atoms with Crippen molar-refractivity contribution in [3.8, 4) is 11.5 Å². The van der Waals surface area contributed by atoms with Gasteiger partial charge < -0.3 is 14.8 Å². The van der Waals surface area contributed by atoms with E-state index in [2.05, 4.69) is 5.32 Å². The van der Waals surface area contributed by atoms with Gasteiger partial charge in [0.05, 0.1) is 19.2 Å². The fourth-order valence-corrected chi connectivity index (χ4v) is 2.29. The van der Waals surface area contributed by atoms with E-state index in [1.165, 1.54) is 24.3 Å². The van der Waals surface area contributed by atoms with E-state index in [0.717, 1.165) is 5.56 Å². The van der Waals surface area contributed by atoms with E-state index in [4.69, 9.17) is 21.1 Å². The maximum atomic E-state index is 13.6. The summed E-state index contributed by atoms with van der Waals surface area (Å²) < 4.78 is 24.0. The van der Waals surface area contributed by atoms with Crippen LogP contribution in [0.3, 0.4) is 0 Å². The summed E-state index contributed by atoms with van der Waals surface area (Å²) in [5, 5.41) is 2.96. The Bertz CT molecular complexity index is 742. The van der Waals surface area contributed by atoms with Gasteiger partial charge in [0.25, 0.3) is 0 Å². The zero-order chi connectivity index (χ0) is 17.5. The molecule has 0 aromatic heterocycles. The second-order valence-corrected chi connectivity index (χ2v) is 5.28. The number of ether oxygens (including phenoxy) is 2. The first-order chi connectivity index (χ1) is 11.5. The lowest BCUT2D eigenvalue weighted by Gasteiger charge is -2.09. The fourth-order valence-electron chi connectivity index (χ4n) is 2.07. The normalized spacial score (nSPS) is 10.7. The van der Waals surface area contributed by atoms with E-state index in [1.54, 1.807) is 32.4 Å². The van der Waals surface area contributed by atoms with Gasteiger partial charge in [0.1, 0.15) is 5.82 Å². The minimum Gasteiger partial charge on any atom is -0.493 e. The standard InChI is InChI=1S/C18H17ClFNO3/c1-23-16-8-6-12(10-17(16)24-2)11-21-18(22)9-7-13-14(19)4-3-5-15(13)20/h3-10H,11H2,1-2H3,(H,21,22)/b9-7+. The van der Waals surface area contributed by atoms with Crippen molar-refractivity contribution in [2.75, 3.05) is 14.2 Å². The number of carbonyl (C=O) groups excluding carboxylic acids is 1. The van der Waals surface area contributed by atoms with Crippen LogP contribution in [0, 0.1) is 5.82 Å². The lowest BCUT2D eigenvalue weighted by atomic mass is 10.2. The molecule has 2 aromatic carbocycles. The maximum absolute atomic E-state index is 13.6. The molecule has 6 heteroatoms. The van der Waals surface area contributed by atoms with Crippen LogP contribution in [-0.4, -0.2) is 20.1 Å². The number of nitrogens with one attached hydrogen (secondary N) is 1. The molecular formula is C18H17ClFNO3. The Morgan fingerprint density at radius 2 is 1.96 bits per heavy atom. The predicted octanol–water partition coefficient (Wildman–Crippen LogP) is 3.83. The predicted molar refractivity (Wildman–Crippen MR) is 91.8 cm³/mol. The molecule has 0 aliphatic carbocycles. The highest BCUT2D eigenvalue weighted by Gasteiger charge is 2.06. The minimum absolute atomic E-state index is 0.181. The Labute approximate surface area is 144 Å². The molecule has 0 aliphatic rings. The number of amides is 1. The molecule has 2 rings (SSSR count). The van der Waals surface area contributed by atoms with Gasteiger partial charge in [-0.3, -0.25) is 4.79 Å². The molecule has 24 heavy (non-hydrogen) atoms. The summed E-state index contributed by atoms with van der Waals surface area (Å²) in [6.07, 6.45) is 2.59. The van der Waals surface area contributed by atoms with Crippen molar-refractivity contribution in [1.29, 1.82) is 0 Å². The Morgan fingerprint density at radius 1 is 1.21 bits per heavy atom. The van der Waals surface area contributed by atoms with E-state index in [0.29, 0.717) is 18.0 Å². The Balaban J connectivity index is 2.00. The van der Waals surface area contributed by atoms with Crippen molar-refractivity contribution >= 4 is 23.6 Å². The zero-order valence-electron chi connectivity index (χ0n) is 13.3. The summed E-state index contributed by atoms with van der Waals surface area (Å²) in [5.41, 5.74) is 1.03. The summed E-state index contributed by atoms with van der Waals surface area (Å²) >= 11 is 5.90. The first-order valence-electron chi connectivity index (χ1n) is 7.16. The number of halogens is 2. The van der Waals surface area contributed by atoms with Crippen molar-refractivity contribution in [3.05, 3.63) is 64.4 Å². The second kappa shape index (κ2) is 8.36. The van der Waals surface area contributed by atoms with Crippen molar-refractivity contribution in [3.63, 3.8) is 0 Å². The molecule has 0 bridgehead atoms. The molecule has 4 nitrogen and oxygen atoms in total. The third-order valence-corrected chi connectivity index (χ3v) is 3.65. The highest BCUT2D eigenvalue weighted by molar-refractivity contribution is 6.32. The fraction of sp³-hybridized carbons (Fsp3) is 0.167. The van der Waals surface area contributed by atoms with E-state index >= 15 is 0 Å². The van der Waals surface area contributed by atoms with Gasteiger partial charge in [0, 0.05) is 18.2 Å². The van der Waals surface area contributed by atoms with Crippen LogP contribution in [0.25, 0.3) is 6.08 Å². The third kappa shape index (κ3) is 4.49. The molecule has 0 spiro atoms. The molecule has 0 heterocycles. The Kier molecular flexibility index (Phi) is 6.21. The molecule has 1 N–H and O–H groups in total. The number of rotatable bonds is 6. The number of hydrogen-bond donors (Lipinski definition) is 1. The van der Waals surface area contributed by atoms with Crippen molar-refractivity contribution in [2.45, 2.75) is 6.54 Å². The summed E-state index contributed by atoms with van der Waals surface area (Å²) in [4.78, 5) is 11.9. The summed E-state index contributed by atoms with van der Waals surface area (Å²) in [7, 11) is 3.10. The monoisotopic (exact) mass is 349 g/mol. The molecule has 1 amide bonds. The maximum Gasteiger partial charge on any atom is 0.244 e. The van der Waals surface area contributed by atoms with E-state index in [1.807, 2.05) is 6.07 Å². The third-order valence-electron chi connectivity index (χ3n) is 3.32. The number of hydrogen-bond acceptors (Lipinski definition) is 3. The van der Waals surface area contributed by atoms with Crippen LogP contribution < -0.4 is 14.8 Å². The molecular weight excluding hydrogens is 333 g/mol. The SMILES string of the molecule is COc1ccc(CNC(=O)/C=C/c2c(F)cccc2Cl)cc1OC. The first-order valence-corrected chi connectivity index (χ1v) is 7.53. The van der Waals surface area contributed by atoms with Crippen molar-refractivity contribution in [1.82, 2.24) is 5.32 Å². The topological polar surface area (TPSA) is 47.6 Å². The quantitative estimate of drug-likeness (QED) is 0.806. The van der Waals surface area contributed by atoms with Gasteiger partial charge in [0.2, 0.25) is 5.91 Å². The second-order valence-electron chi connectivity index (χ2n) is 4.88. The molecule has 2 aromatic rings. The molecule has 126 valence electrons. The van der Waals surface area contributed by atoms with Crippen LogP contribution in [-0.2, 0) is 11.3 Å². The Morgan fingerprint density at radius 3 is 2.62 bits per heavy atom. The van der Waals surface area contributed by atoms with Crippen LogP contribution >= 0.6 is 11.6 Å². The van der Waals surface area contributed by atoms with E-state index < -0.39 is 5.82 Å². The average Bonchev–Trinajstić information content (AvgIpc) is 2.59. The number of methoxy groups -OCH3 is 2. The highest BCUT2D eigenvalue weighted by Crippen LogP contribution is 2.27. The summed E-state index contributed by atoms with van der Waals surface area (Å²) in [5.74, 6) is 0.357. The molecule has 0 saturated heterocycles. The summed E-state index contributed by atoms with van der Waals surface area (Å²) in [6, 6.07) is 9.70. The van der Waals surface area contributed by atoms with Gasteiger partial charge in [-0.2, -0.15) is 0 Å². The van der Waals surface area contributed by atoms with Gasteiger partial charge in [-0.05, 0) is 35.9 Å². The first kappa shape index (κ1) is 17.8. The van der Waals surface area contributed by atoms with Crippen LogP contribution in [0.15, 0.2) is 42.5 Å². The van der Waals surface area contributed by atoms with Crippen LogP contribution in [0.5, 0.6) is 11.5 Å². The van der Waals surface area contributed by atoms with Gasteiger partial charge in [-0.1, -0.05) is 23.7 Å². The number of benzene rings is 2. The van der Waals surface area contributed by atoms with Crippen LogP contribution in [0.4, 0.5) is 4.39 Å². The van der Waals surface area contributed by atoms with Gasteiger partial charge in [-0.15, -0.1) is 0 Å². The van der Waals surface area contributed by atoms with Gasteiger partial charge >= 0.3 is 0 Å². The minimum atomic E-state index is -0.480.